The molecule has 1 aliphatic carbocycles. The molecule has 0 aromatic rings. The molecule has 1 saturated carbocycles. The first-order valence-electron chi connectivity index (χ1n) is 4.12. The van der Waals surface area contributed by atoms with Crippen LogP contribution in [0.25, 0.3) is 0 Å². The lowest BCUT2D eigenvalue weighted by molar-refractivity contribution is -0.138. The average molecular weight is 154 g/mol. The van der Waals surface area contributed by atoms with Crippen LogP contribution in [0.2, 0.25) is 0 Å². The first kappa shape index (κ1) is 8.31. The van der Waals surface area contributed by atoms with Gasteiger partial charge in [0.05, 0.1) is 6.61 Å². The minimum Gasteiger partial charge on any atom is -0.463 e. The topological polar surface area (TPSA) is 26.3 Å². The Kier molecular flexibility index (Phi) is 3.14. The molecule has 11 heavy (non-hydrogen) atoms. The molecular weight excluding hydrogens is 140 g/mol. The second kappa shape index (κ2) is 4.16. The van der Waals surface area contributed by atoms with Crippen molar-refractivity contribution in [3.63, 3.8) is 0 Å². The number of esters is 1. The van der Waals surface area contributed by atoms with E-state index in [1.165, 1.54) is 25.3 Å². The third-order valence-corrected chi connectivity index (χ3v) is 2.16. The van der Waals surface area contributed by atoms with Gasteiger partial charge in [-0.15, -0.1) is 0 Å². The molecule has 0 unspecified atom stereocenters. The monoisotopic (exact) mass is 154 g/mol. The molecule has 2 nitrogen and oxygen atoms in total. The zero-order valence-corrected chi connectivity index (χ0v) is 6.71. The van der Waals surface area contributed by atoms with E-state index in [-0.39, 0.29) is 5.97 Å². The SMILES string of the molecule is C=CC(=O)OCCC1CCC1. The first-order chi connectivity index (χ1) is 5.33. The highest BCUT2D eigenvalue weighted by atomic mass is 16.5. The molecule has 2 heteroatoms. The Morgan fingerprint density at radius 2 is 2.36 bits per heavy atom. The van der Waals surface area contributed by atoms with Crippen LogP contribution < -0.4 is 0 Å². The summed E-state index contributed by atoms with van der Waals surface area (Å²) in [6.07, 6.45) is 6.21. The highest BCUT2D eigenvalue weighted by Crippen LogP contribution is 2.28. The number of hydrogen-bond donors (Lipinski definition) is 0. The van der Waals surface area contributed by atoms with Crippen molar-refractivity contribution >= 4 is 5.97 Å². The molecule has 0 bridgehead atoms. The summed E-state index contributed by atoms with van der Waals surface area (Å²) in [5, 5.41) is 0. The summed E-state index contributed by atoms with van der Waals surface area (Å²) in [4.78, 5) is 10.6. The van der Waals surface area contributed by atoms with E-state index in [1.54, 1.807) is 0 Å². The lowest BCUT2D eigenvalue weighted by Crippen LogP contribution is -2.14. The van der Waals surface area contributed by atoms with Crippen molar-refractivity contribution in [1.82, 2.24) is 0 Å². The maximum Gasteiger partial charge on any atom is 0.330 e. The summed E-state index contributed by atoms with van der Waals surface area (Å²) in [7, 11) is 0. The van der Waals surface area contributed by atoms with Crippen molar-refractivity contribution in [2.24, 2.45) is 5.92 Å². The molecular formula is C9H14O2. The third kappa shape index (κ3) is 2.74. The summed E-state index contributed by atoms with van der Waals surface area (Å²) in [6.45, 7) is 3.88. The van der Waals surface area contributed by atoms with Gasteiger partial charge in [-0.25, -0.2) is 4.79 Å². The Balaban J connectivity index is 1.94. The van der Waals surface area contributed by atoms with Crippen LogP contribution in [0.5, 0.6) is 0 Å². The number of ether oxygens (including phenoxy) is 1. The molecule has 0 saturated heterocycles. The lowest BCUT2D eigenvalue weighted by Gasteiger charge is -2.24. The van der Waals surface area contributed by atoms with E-state index in [4.69, 9.17) is 4.74 Å². The van der Waals surface area contributed by atoms with Gasteiger partial charge in [0, 0.05) is 6.08 Å². The maximum absolute atomic E-state index is 10.6. The van der Waals surface area contributed by atoms with Gasteiger partial charge in [0.2, 0.25) is 0 Å². The van der Waals surface area contributed by atoms with E-state index in [1.807, 2.05) is 0 Å². The molecule has 62 valence electrons. The van der Waals surface area contributed by atoms with Crippen molar-refractivity contribution < 1.29 is 9.53 Å². The average Bonchev–Trinajstić information content (AvgIpc) is 1.94. The largest absolute Gasteiger partial charge is 0.463 e. The molecule has 1 fully saturated rings. The van der Waals surface area contributed by atoms with E-state index < -0.39 is 0 Å². The van der Waals surface area contributed by atoms with Crippen LogP contribution >= 0.6 is 0 Å². The van der Waals surface area contributed by atoms with Gasteiger partial charge in [-0.2, -0.15) is 0 Å². The standard InChI is InChI=1S/C9H14O2/c1-2-9(10)11-7-6-8-4-3-5-8/h2,8H,1,3-7H2. The van der Waals surface area contributed by atoms with Gasteiger partial charge in [-0.05, 0) is 12.3 Å². The molecule has 0 spiro atoms. The molecule has 1 aliphatic rings. The number of carbonyl (C=O) groups excluding carboxylic acids is 1. The summed E-state index contributed by atoms with van der Waals surface area (Å²) in [5.74, 6) is 0.511. The van der Waals surface area contributed by atoms with E-state index in [0.717, 1.165) is 12.3 Å². The van der Waals surface area contributed by atoms with E-state index in [0.29, 0.717) is 6.61 Å². The lowest BCUT2D eigenvalue weighted by atomic mass is 9.83. The van der Waals surface area contributed by atoms with Gasteiger partial charge >= 0.3 is 5.97 Å². The molecule has 0 aromatic carbocycles. The summed E-state index contributed by atoms with van der Waals surface area (Å²) in [5.41, 5.74) is 0. The molecule has 0 aliphatic heterocycles. The Bertz CT molecular complexity index is 148. The Morgan fingerprint density at radius 1 is 1.64 bits per heavy atom. The predicted octanol–water partition coefficient (Wildman–Crippen LogP) is 1.91. The van der Waals surface area contributed by atoms with Crippen LogP contribution in [0.15, 0.2) is 12.7 Å². The fraction of sp³-hybridized carbons (Fsp3) is 0.667. The van der Waals surface area contributed by atoms with Crippen molar-refractivity contribution in [3.05, 3.63) is 12.7 Å². The van der Waals surface area contributed by atoms with Crippen LogP contribution in [0, 0.1) is 5.92 Å². The van der Waals surface area contributed by atoms with Crippen LogP contribution in [-0.2, 0) is 9.53 Å². The minimum absolute atomic E-state index is 0.302. The Morgan fingerprint density at radius 3 is 2.82 bits per heavy atom. The second-order valence-electron chi connectivity index (χ2n) is 2.96. The minimum atomic E-state index is -0.302. The molecule has 0 radical (unpaired) electrons. The van der Waals surface area contributed by atoms with E-state index in [9.17, 15) is 4.79 Å². The number of hydrogen-bond acceptors (Lipinski definition) is 2. The molecule has 0 N–H and O–H groups in total. The van der Waals surface area contributed by atoms with Crippen molar-refractivity contribution in [1.29, 1.82) is 0 Å². The van der Waals surface area contributed by atoms with E-state index >= 15 is 0 Å². The van der Waals surface area contributed by atoms with Crippen LogP contribution in [0.3, 0.4) is 0 Å². The van der Waals surface area contributed by atoms with Gasteiger partial charge < -0.3 is 4.74 Å². The summed E-state index contributed by atoms with van der Waals surface area (Å²) >= 11 is 0. The van der Waals surface area contributed by atoms with Gasteiger partial charge in [0.15, 0.2) is 0 Å². The van der Waals surface area contributed by atoms with Crippen molar-refractivity contribution in [3.8, 4) is 0 Å². The number of rotatable bonds is 4. The molecule has 1 rings (SSSR count). The van der Waals surface area contributed by atoms with Gasteiger partial charge in [-0.3, -0.25) is 0 Å². The highest BCUT2D eigenvalue weighted by Gasteiger charge is 2.16. The van der Waals surface area contributed by atoms with Gasteiger partial charge in [0.1, 0.15) is 0 Å². The van der Waals surface area contributed by atoms with Crippen LogP contribution in [0.1, 0.15) is 25.7 Å². The fourth-order valence-electron chi connectivity index (χ4n) is 1.17. The third-order valence-electron chi connectivity index (χ3n) is 2.16. The molecule has 0 amide bonds. The zero-order valence-electron chi connectivity index (χ0n) is 6.71. The second-order valence-corrected chi connectivity index (χ2v) is 2.96. The summed E-state index contributed by atoms with van der Waals surface area (Å²) in [6, 6.07) is 0. The quantitative estimate of drug-likeness (QED) is 0.456. The fourth-order valence-corrected chi connectivity index (χ4v) is 1.17. The zero-order chi connectivity index (χ0) is 8.10. The van der Waals surface area contributed by atoms with Crippen LogP contribution in [0.4, 0.5) is 0 Å². The van der Waals surface area contributed by atoms with E-state index in [2.05, 4.69) is 6.58 Å². The number of carbonyl (C=O) groups is 1. The van der Waals surface area contributed by atoms with Crippen LogP contribution in [-0.4, -0.2) is 12.6 Å². The predicted molar refractivity (Wildman–Crippen MR) is 43.1 cm³/mol. The Labute approximate surface area is 67.2 Å². The van der Waals surface area contributed by atoms with Gasteiger partial charge in [-0.1, -0.05) is 25.8 Å². The Hall–Kier alpha value is -0.790. The molecule has 0 aromatic heterocycles. The maximum atomic E-state index is 10.6. The first-order valence-corrected chi connectivity index (χ1v) is 4.12. The summed E-state index contributed by atoms with van der Waals surface area (Å²) < 4.78 is 4.84. The van der Waals surface area contributed by atoms with Crippen molar-refractivity contribution in [2.75, 3.05) is 6.61 Å². The molecule has 0 atom stereocenters. The highest BCUT2D eigenvalue weighted by molar-refractivity contribution is 5.81. The normalized spacial score (nSPS) is 17.1. The van der Waals surface area contributed by atoms with Crippen molar-refractivity contribution in [2.45, 2.75) is 25.7 Å². The molecule has 0 heterocycles. The smallest absolute Gasteiger partial charge is 0.330 e. The van der Waals surface area contributed by atoms with Gasteiger partial charge in [0.25, 0.3) is 0 Å².